The molecule has 1 aliphatic heterocycles. The summed E-state index contributed by atoms with van der Waals surface area (Å²) in [6.07, 6.45) is 0.318. The number of likely N-dealkylation sites (N-methyl/N-ethyl adjacent to an activating group) is 1. The van der Waals surface area contributed by atoms with E-state index < -0.39 is 18.6 Å². The highest BCUT2D eigenvalue weighted by molar-refractivity contribution is 7.17. The summed E-state index contributed by atoms with van der Waals surface area (Å²) in [6, 6.07) is 1.44. The zero-order chi connectivity index (χ0) is 29.5. The molecule has 0 spiro atoms. The van der Waals surface area contributed by atoms with Crippen LogP contribution >= 0.6 is 11.3 Å². The van der Waals surface area contributed by atoms with Crippen LogP contribution in [0.25, 0.3) is 21.7 Å². The predicted molar refractivity (Wildman–Crippen MR) is 146 cm³/mol. The van der Waals surface area contributed by atoms with E-state index in [0.29, 0.717) is 23.1 Å². The van der Waals surface area contributed by atoms with Crippen molar-refractivity contribution in [1.29, 1.82) is 0 Å². The number of hydrogen-bond donors (Lipinski definition) is 2. The Morgan fingerprint density at radius 3 is 2.68 bits per heavy atom. The van der Waals surface area contributed by atoms with Crippen molar-refractivity contribution in [2.75, 3.05) is 20.1 Å². The fraction of sp³-hybridized carbons (Fsp3) is 0.500. The Hall–Kier alpha value is -3.72. The first-order chi connectivity index (χ1) is 19.3. The lowest BCUT2D eigenvalue weighted by Gasteiger charge is -2.30. The Bertz CT molecular complexity index is 1560. The monoisotopic (exact) mass is 592 g/mol. The molecule has 2 amide bonds. The number of piperidine rings is 1. The second kappa shape index (κ2) is 10.9. The second-order valence-corrected chi connectivity index (χ2v) is 12.1. The molecule has 4 aromatic rings. The number of alkyl halides is 3. The van der Waals surface area contributed by atoms with Gasteiger partial charge in [-0.05, 0) is 53.3 Å². The number of aromatic nitrogens is 5. The van der Waals surface area contributed by atoms with Crippen LogP contribution in [-0.4, -0.2) is 73.6 Å². The van der Waals surface area contributed by atoms with Gasteiger partial charge in [0.25, 0.3) is 11.8 Å². The van der Waals surface area contributed by atoms with Crippen molar-refractivity contribution in [1.82, 2.24) is 40.0 Å². The minimum Gasteiger partial charge on any atom is -0.348 e. The van der Waals surface area contributed by atoms with Crippen LogP contribution in [0.15, 0.2) is 28.4 Å². The lowest BCUT2D eigenvalue weighted by atomic mass is 10.1. The Morgan fingerprint density at radius 2 is 2.00 bits per heavy atom. The summed E-state index contributed by atoms with van der Waals surface area (Å²) >= 11 is 1.05. The van der Waals surface area contributed by atoms with Crippen molar-refractivity contribution in [3.8, 4) is 11.5 Å². The molecule has 2 N–H and O–H groups in total. The first-order valence-electron chi connectivity index (χ1n) is 13.1. The normalized spacial score (nSPS) is 16.8. The van der Waals surface area contributed by atoms with E-state index in [9.17, 15) is 22.8 Å². The number of likely N-dealkylation sites (tertiary alicyclic amines) is 1. The molecular weight excluding hydrogens is 561 g/mol. The van der Waals surface area contributed by atoms with E-state index in [4.69, 9.17) is 4.52 Å². The standard InChI is InChI=1S/C26H31F3N8O3S/c1-25(2,3)37-11-15(9-31-37)22(38)30-10-20-33-21(34-40-20)19-8-17-18(13-41-24(17)36(19)14-26(27,28)29)23(39)32-16-6-5-7-35(4)12-16/h8-9,11,13,16H,5-7,10,12,14H2,1-4H3,(H,30,38)(H,32,39). The smallest absolute Gasteiger partial charge is 0.348 e. The van der Waals surface area contributed by atoms with Crippen molar-refractivity contribution in [2.45, 2.75) is 64.5 Å². The zero-order valence-electron chi connectivity index (χ0n) is 23.1. The summed E-state index contributed by atoms with van der Waals surface area (Å²) in [6.45, 7) is 6.09. The fourth-order valence-corrected chi connectivity index (χ4v) is 5.82. The lowest BCUT2D eigenvalue weighted by Crippen LogP contribution is -2.46. The van der Waals surface area contributed by atoms with Gasteiger partial charge in [-0.15, -0.1) is 11.3 Å². The number of nitrogens with zero attached hydrogens (tertiary/aromatic N) is 6. The molecule has 1 fully saturated rings. The summed E-state index contributed by atoms with van der Waals surface area (Å²) in [4.78, 5) is 32.3. The quantitative estimate of drug-likeness (QED) is 0.332. The molecule has 0 saturated carbocycles. The van der Waals surface area contributed by atoms with Crippen molar-refractivity contribution in [2.24, 2.45) is 0 Å². The first kappa shape index (κ1) is 28.8. The number of hydrogen-bond acceptors (Lipinski definition) is 8. The molecule has 0 aliphatic carbocycles. The highest BCUT2D eigenvalue weighted by Crippen LogP contribution is 2.36. The minimum absolute atomic E-state index is 0.0130. The predicted octanol–water partition coefficient (Wildman–Crippen LogP) is 4.02. The van der Waals surface area contributed by atoms with E-state index >= 15 is 0 Å². The van der Waals surface area contributed by atoms with E-state index in [0.717, 1.165) is 35.3 Å². The van der Waals surface area contributed by atoms with E-state index in [1.165, 1.54) is 12.3 Å². The van der Waals surface area contributed by atoms with Gasteiger partial charge in [0.05, 0.1) is 35.1 Å². The van der Waals surface area contributed by atoms with Gasteiger partial charge in [-0.2, -0.15) is 23.3 Å². The van der Waals surface area contributed by atoms with Crippen LogP contribution in [0.3, 0.4) is 0 Å². The number of nitrogens with one attached hydrogen (secondary N) is 2. The van der Waals surface area contributed by atoms with Crippen molar-refractivity contribution >= 4 is 33.4 Å². The van der Waals surface area contributed by atoms with Crippen LogP contribution in [-0.2, 0) is 18.6 Å². The van der Waals surface area contributed by atoms with Crippen LogP contribution in [0.2, 0.25) is 0 Å². The molecule has 1 atom stereocenters. The Labute approximate surface area is 237 Å². The molecule has 0 aromatic carbocycles. The average molecular weight is 593 g/mol. The molecule has 1 saturated heterocycles. The van der Waals surface area contributed by atoms with E-state index in [1.807, 2.05) is 27.8 Å². The number of carbonyl (C=O) groups is 2. The molecule has 5 rings (SSSR count). The number of thiophene rings is 1. The molecule has 15 heteroatoms. The van der Waals surface area contributed by atoms with Crippen molar-refractivity contribution in [3.05, 3.63) is 40.9 Å². The highest BCUT2D eigenvalue weighted by Gasteiger charge is 2.33. The van der Waals surface area contributed by atoms with Crippen LogP contribution in [0.4, 0.5) is 13.2 Å². The maximum Gasteiger partial charge on any atom is 0.406 e. The van der Waals surface area contributed by atoms with Gasteiger partial charge in [-0.1, -0.05) is 5.16 Å². The topological polar surface area (TPSA) is 123 Å². The SMILES string of the molecule is CN1CCCC(NC(=O)c2csc3c2cc(-c2noc(CNC(=O)c4cnn(C(C)(C)C)c4)n2)n3CC(F)(F)F)C1. The Balaban J connectivity index is 1.36. The summed E-state index contributed by atoms with van der Waals surface area (Å²) in [5, 5.41) is 15.7. The molecule has 4 aromatic heterocycles. The van der Waals surface area contributed by atoms with Crippen LogP contribution < -0.4 is 10.6 Å². The summed E-state index contributed by atoms with van der Waals surface area (Å²) < 4.78 is 48.7. The fourth-order valence-electron chi connectivity index (χ4n) is 4.77. The van der Waals surface area contributed by atoms with Gasteiger partial charge in [0.1, 0.15) is 11.4 Å². The number of halogens is 3. The maximum atomic E-state index is 13.6. The third-order valence-corrected chi connectivity index (χ3v) is 7.81. The zero-order valence-corrected chi connectivity index (χ0v) is 23.9. The summed E-state index contributed by atoms with van der Waals surface area (Å²) in [5.41, 5.74) is 0.395. The van der Waals surface area contributed by atoms with Gasteiger partial charge in [-0.3, -0.25) is 14.3 Å². The van der Waals surface area contributed by atoms with Gasteiger partial charge >= 0.3 is 6.18 Å². The molecule has 11 nitrogen and oxygen atoms in total. The van der Waals surface area contributed by atoms with E-state index in [-0.39, 0.29) is 46.3 Å². The average Bonchev–Trinajstić information content (AvgIpc) is 3.66. The summed E-state index contributed by atoms with van der Waals surface area (Å²) in [7, 11) is 1.98. The molecule has 5 heterocycles. The second-order valence-electron chi connectivity index (χ2n) is 11.2. The molecule has 1 aliphatic rings. The van der Waals surface area contributed by atoms with Crippen LogP contribution in [0.5, 0.6) is 0 Å². The van der Waals surface area contributed by atoms with Gasteiger partial charge in [0, 0.05) is 29.5 Å². The van der Waals surface area contributed by atoms with Gasteiger partial charge in [0.2, 0.25) is 11.7 Å². The van der Waals surface area contributed by atoms with Crippen LogP contribution in [0.1, 0.15) is 60.2 Å². The molecule has 1 unspecified atom stereocenters. The van der Waals surface area contributed by atoms with Gasteiger partial charge < -0.3 is 24.6 Å². The molecule has 41 heavy (non-hydrogen) atoms. The third kappa shape index (κ3) is 6.45. The molecular formula is C26H31F3N8O3S. The largest absolute Gasteiger partial charge is 0.406 e. The number of fused-ring (bicyclic) bond motifs is 1. The third-order valence-electron chi connectivity index (χ3n) is 6.80. The number of rotatable bonds is 7. The number of carbonyl (C=O) groups excluding carboxylic acids is 2. The minimum atomic E-state index is -4.53. The van der Waals surface area contributed by atoms with Gasteiger partial charge in [0.15, 0.2) is 0 Å². The van der Waals surface area contributed by atoms with Crippen LogP contribution in [0, 0.1) is 0 Å². The maximum absolute atomic E-state index is 13.6. The molecule has 220 valence electrons. The van der Waals surface area contributed by atoms with E-state index in [1.54, 1.807) is 16.3 Å². The molecule has 0 bridgehead atoms. The Morgan fingerprint density at radius 1 is 1.22 bits per heavy atom. The Kier molecular flexibility index (Phi) is 7.68. The van der Waals surface area contributed by atoms with Crippen molar-refractivity contribution in [3.63, 3.8) is 0 Å². The number of amides is 2. The lowest BCUT2D eigenvalue weighted by molar-refractivity contribution is -0.139. The van der Waals surface area contributed by atoms with Gasteiger partial charge in [-0.25, -0.2) is 0 Å². The highest BCUT2D eigenvalue weighted by atomic mass is 32.1. The van der Waals surface area contributed by atoms with Crippen molar-refractivity contribution < 1.29 is 27.3 Å². The summed E-state index contributed by atoms with van der Waals surface area (Å²) in [5.74, 6) is -0.818. The molecule has 0 radical (unpaired) electrons. The first-order valence-corrected chi connectivity index (χ1v) is 14.0. The van der Waals surface area contributed by atoms with E-state index in [2.05, 4.69) is 30.8 Å².